The monoisotopic (exact) mass is 484 g/mol. The van der Waals surface area contributed by atoms with Gasteiger partial charge in [0.05, 0.1) is 11.3 Å². The molecule has 186 valence electrons. The average molecular weight is 485 g/mol. The molecule has 0 saturated carbocycles. The van der Waals surface area contributed by atoms with E-state index in [0.717, 1.165) is 60.5 Å². The molecule has 1 saturated heterocycles. The van der Waals surface area contributed by atoms with Gasteiger partial charge in [0.1, 0.15) is 11.6 Å². The van der Waals surface area contributed by atoms with Gasteiger partial charge in [-0.25, -0.2) is 9.37 Å². The van der Waals surface area contributed by atoms with Crippen LogP contribution in [0.1, 0.15) is 53.9 Å². The van der Waals surface area contributed by atoms with Crippen LogP contribution in [0.3, 0.4) is 0 Å². The Morgan fingerprint density at radius 1 is 1.11 bits per heavy atom. The van der Waals surface area contributed by atoms with E-state index in [-0.39, 0.29) is 11.5 Å². The Bertz CT molecular complexity index is 1300. The van der Waals surface area contributed by atoms with E-state index in [1.54, 1.807) is 17.0 Å². The normalized spacial score (nSPS) is 16.7. The van der Waals surface area contributed by atoms with E-state index < -0.39 is 5.82 Å². The number of hydrogen-bond donors (Lipinski definition) is 1. The minimum atomic E-state index is -0.508. The van der Waals surface area contributed by atoms with Gasteiger partial charge in [0, 0.05) is 37.3 Å². The van der Waals surface area contributed by atoms with Gasteiger partial charge in [-0.2, -0.15) is 0 Å². The maximum atomic E-state index is 15.3. The number of anilines is 1. The number of nitrogens with zero attached hydrogens (tertiary/aromatic N) is 3. The first kappa shape index (κ1) is 25.4. The lowest BCUT2D eigenvalue weighted by Crippen LogP contribution is -2.48. The van der Waals surface area contributed by atoms with E-state index in [0.29, 0.717) is 24.5 Å². The Morgan fingerprint density at radius 3 is 2.58 bits per heavy atom. The molecule has 0 spiro atoms. The number of carbonyl (C=O) groups excluding carboxylic acids is 1. The molecule has 0 atom stereocenters. The van der Waals surface area contributed by atoms with E-state index >= 15 is 4.39 Å². The molecular weight excluding hydrogens is 451 g/mol. The molecule has 2 heterocycles. The number of nitrogens with two attached hydrogens (primary N) is 1. The van der Waals surface area contributed by atoms with Crippen molar-refractivity contribution in [3.63, 3.8) is 0 Å². The number of likely N-dealkylation sites (N-methyl/N-ethyl adjacent to an activating group) is 1. The summed E-state index contributed by atoms with van der Waals surface area (Å²) in [6.07, 6.45) is 7.84. The van der Waals surface area contributed by atoms with Gasteiger partial charge in [0.15, 0.2) is 0 Å². The van der Waals surface area contributed by atoms with Crippen LogP contribution in [0.2, 0.25) is 0 Å². The highest BCUT2D eigenvalue weighted by atomic mass is 19.1. The van der Waals surface area contributed by atoms with Gasteiger partial charge < -0.3 is 15.5 Å². The van der Waals surface area contributed by atoms with Gasteiger partial charge in [0.25, 0.3) is 5.91 Å². The summed E-state index contributed by atoms with van der Waals surface area (Å²) in [5.74, 6) is 6.26. The maximum absolute atomic E-state index is 15.3. The molecule has 4 rings (SSSR count). The van der Waals surface area contributed by atoms with Crippen molar-refractivity contribution in [2.45, 2.75) is 33.6 Å². The van der Waals surface area contributed by atoms with Crippen LogP contribution < -0.4 is 5.73 Å². The first-order valence-electron chi connectivity index (χ1n) is 12.5. The van der Waals surface area contributed by atoms with Crippen LogP contribution in [0, 0.1) is 24.6 Å². The van der Waals surface area contributed by atoms with Crippen molar-refractivity contribution < 1.29 is 9.18 Å². The van der Waals surface area contributed by atoms with Crippen LogP contribution in [0.5, 0.6) is 0 Å². The van der Waals surface area contributed by atoms with E-state index in [1.165, 1.54) is 6.07 Å². The van der Waals surface area contributed by atoms with Crippen molar-refractivity contribution in [2.24, 2.45) is 0 Å². The summed E-state index contributed by atoms with van der Waals surface area (Å²) in [4.78, 5) is 21.4. The van der Waals surface area contributed by atoms with Crippen LogP contribution >= 0.6 is 0 Å². The summed E-state index contributed by atoms with van der Waals surface area (Å²) in [5.41, 5.74) is 11.0. The summed E-state index contributed by atoms with van der Waals surface area (Å²) in [6.45, 7) is 9.88. The molecule has 2 aromatic rings. The van der Waals surface area contributed by atoms with Gasteiger partial charge in [-0.15, -0.1) is 0 Å². The number of pyridine rings is 1. The minimum absolute atomic E-state index is 0.114. The molecule has 1 amide bonds. The van der Waals surface area contributed by atoms with Crippen LogP contribution in [-0.2, 0) is 0 Å². The molecule has 1 fully saturated rings. The smallest absolute Gasteiger partial charge is 0.256 e. The number of halogens is 1. The Balaban J connectivity index is 1.65. The number of amides is 1. The quantitative estimate of drug-likeness (QED) is 0.624. The second-order valence-electron chi connectivity index (χ2n) is 9.24. The molecule has 1 aromatic carbocycles. The minimum Gasteiger partial charge on any atom is -0.384 e. The highest BCUT2D eigenvalue weighted by molar-refractivity contribution is 5.95. The Morgan fingerprint density at radius 2 is 1.89 bits per heavy atom. The molecule has 6 heteroatoms. The number of carbonyl (C=O) groups is 1. The third-order valence-corrected chi connectivity index (χ3v) is 6.83. The second-order valence-corrected chi connectivity index (χ2v) is 9.24. The zero-order valence-electron chi connectivity index (χ0n) is 21.3. The molecule has 2 aliphatic rings. The van der Waals surface area contributed by atoms with Crippen molar-refractivity contribution in [1.29, 1.82) is 0 Å². The number of rotatable bonds is 3. The number of benzene rings is 1. The Kier molecular flexibility index (Phi) is 8.02. The molecule has 1 aromatic heterocycles. The molecule has 5 nitrogen and oxygen atoms in total. The van der Waals surface area contributed by atoms with Crippen molar-refractivity contribution in [3.8, 4) is 11.8 Å². The van der Waals surface area contributed by atoms with Gasteiger partial charge in [-0.3, -0.25) is 4.79 Å². The van der Waals surface area contributed by atoms with Crippen LogP contribution in [-0.4, -0.2) is 53.4 Å². The number of piperazine rings is 1. The molecule has 0 bridgehead atoms. The molecular formula is C30H33FN4O. The summed E-state index contributed by atoms with van der Waals surface area (Å²) >= 11 is 0. The zero-order valence-corrected chi connectivity index (χ0v) is 21.3. The molecule has 2 N–H and O–H groups in total. The summed E-state index contributed by atoms with van der Waals surface area (Å²) in [7, 11) is 0. The number of hydrogen-bond acceptors (Lipinski definition) is 4. The topological polar surface area (TPSA) is 62.5 Å². The van der Waals surface area contributed by atoms with E-state index in [2.05, 4.69) is 41.6 Å². The number of aromatic nitrogens is 1. The molecule has 0 radical (unpaired) electrons. The molecule has 36 heavy (non-hydrogen) atoms. The van der Waals surface area contributed by atoms with Crippen molar-refractivity contribution in [2.75, 3.05) is 38.5 Å². The molecule has 1 aliphatic carbocycles. The standard InChI is InChI=1S/C30H33FN4O/c1-4-34-16-18-35(19-17-34)30(36)27-14-11-24(20-28(27)31)26-9-7-5-6-8-21(2)25(26)13-10-23-12-15-29(32)33-22(23)3/h5,7,9,11-12,14-15,20H,4,6,8,16-19H2,1-3H3,(H2,32,33). The van der Waals surface area contributed by atoms with Gasteiger partial charge >= 0.3 is 0 Å². The first-order chi connectivity index (χ1) is 17.4. The van der Waals surface area contributed by atoms with Crippen LogP contribution in [0.15, 0.2) is 59.7 Å². The fourth-order valence-corrected chi connectivity index (χ4v) is 4.55. The first-order valence-corrected chi connectivity index (χ1v) is 12.5. The second kappa shape index (κ2) is 11.4. The number of allylic oxidation sites excluding steroid dienone is 6. The molecule has 1 aliphatic heterocycles. The number of nitrogen functional groups attached to an aromatic ring is 1. The third kappa shape index (κ3) is 5.75. The predicted octanol–water partition coefficient (Wildman–Crippen LogP) is 4.99. The number of aryl methyl sites for hydroxylation is 1. The zero-order chi connectivity index (χ0) is 25.7. The summed E-state index contributed by atoms with van der Waals surface area (Å²) < 4.78 is 15.3. The van der Waals surface area contributed by atoms with E-state index in [4.69, 9.17) is 5.73 Å². The fraction of sp³-hybridized carbons (Fsp3) is 0.333. The Hall–Kier alpha value is -3.69. The largest absolute Gasteiger partial charge is 0.384 e. The third-order valence-electron chi connectivity index (χ3n) is 6.83. The van der Waals surface area contributed by atoms with Crippen molar-refractivity contribution in [3.05, 3.63) is 87.9 Å². The Labute approximate surface area is 213 Å². The van der Waals surface area contributed by atoms with Crippen LogP contribution in [0.4, 0.5) is 10.2 Å². The van der Waals surface area contributed by atoms with Crippen LogP contribution in [0.25, 0.3) is 5.57 Å². The summed E-state index contributed by atoms with van der Waals surface area (Å²) in [6, 6.07) is 8.50. The SMILES string of the molecule is CCN1CCN(C(=O)c2ccc(C3=CC=CCCC(C)=C3C#Cc3ccc(N)nc3C)cc2F)CC1. The van der Waals surface area contributed by atoms with Gasteiger partial charge in [-0.05, 0) is 68.6 Å². The summed E-state index contributed by atoms with van der Waals surface area (Å²) in [5, 5.41) is 0. The predicted molar refractivity (Wildman–Crippen MR) is 144 cm³/mol. The van der Waals surface area contributed by atoms with Crippen molar-refractivity contribution in [1.82, 2.24) is 14.8 Å². The van der Waals surface area contributed by atoms with E-state index in [9.17, 15) is 4.79 Å². The lowest BCUT2D eigenvalue weighted by molar-refractivity contribution is 0.0639. The van der Waals surface area contributed by atoms with Gasteiger partial charge in [-0.1, -0.05) is 48.6 Å². The average Bonchev–Trinajstić information content (AvgIpc) is 2.86. The lowest BCUT2D eigenvalue weighted by atomic mass is 9.90. The van der Waals surface area contributed by atoms with Crippen molar-refractivity contribution >= 4 is 17.3 Å². The lowest BCUT2D eigenvalue weighted by Gasteiger charge is -2.34. The van der Waals surface area contributed by atoms with E-state index in [1.807, 2.05) is 31.2 Å². The highest BCUT2D eigenvalue weighted by Gasteiger charge is 2.24. The maximum Gasteiger partial charge on any atom is 0.256 e. The van der Waals surface area contributed by atoms with Gasteiger partial charge in [0.2, 0.25) is 0 Å². The highest BCUT2D eigenvalue weighted by Crippen LogP contribution is 2.30. The fourth-order valence-electron chi connectivity index (χ4n) is 4.55. The molecule has 0 unspecified atom stereocenters.